The van der Waals surface area contributed by atoms with Gasteiger partial charge in [0, 0.05) is 5.92 Å². The Morgan fingerprint density at radius 3 is 2.62 bits per heavy atom. The normalized spacial score (nSPS) is 15.3. The van der Waals surface area contributed by atoms with Gasteiger partial charge in [0.1, 0.15) is 5.82 Å². The number of para-hydroxylation sites is 1. The fourth-order valence-corrected chi connectivity index (χ4v) is 1.78. The van der Waals surface area contributed by atoms with Crippen molar-refractivity contribution in [1.82, 2.24) is 14.8 Å². The summed E-state index contributed by atoms with van der Waals surface area (Å²) in [6, 6.07) is 10.0. The third kappa shape index (κ3) is 1.61. The predicted octanol–water partition coefficient (Wildman–Crippen LogP) is 1.60. The SMILES string of the molecule is NCc1nc(C2CC2)nn1-c1ccccc1. The van der Waals surface area contributed by atoms with E-state index in [1.807, 2.05) is 35.0 Å². The minimum atomic E-state index is 0.425. The van der Waals surface area contributed by atoms with Gasteiger partial charge in [0.15, 0.2) is 5.82 Å². The van der Waals surface area contributed by atoms with Crippen molar-refractivity contribution in [2.24, 2.45) is 5.73 Å². The van der Waals surface area contributed by atoms with Crippen LogP contribution < -0.4 is 5.73 Å². The highest BCUT2D eigenvalue weighted by atomic mass is 15.4. The molecule has 2 N–H and O–H groups in total. The molecule has 1 aliphatic carbocycles. The van der Waals surface area contributed by atoms with Gasteiger partial charge in [0.2, 0.25) is 0 Å². The summed E-state index contributed by atoms with van der Waals surface area (Å²) in [5, 5.41) is 4.54. The van der Waals surface area contributed by atoms with E-state index in [1.54, 1.807) is 0 Å². The quantitative estimate of drug-likeness (QED) is 0.844. The number of aromatic nitrogens is 3. The first-order valence-corrected chi connectivity index (χ1v) is 5.60. The van der Waals surface area contributed by atoms with Crippen molar-refractivity contribution in [3.8, 4) is 5.69 Å². The highest BCUT2D eigenvalue weighted by Gasteiger charge is 2.28. The Labute approximate surface area is 94.1 Å². The fraction of sp³-hybridized carbons (Fsp3) is 0.333. The van der Waals surface area contributed by atoms with Gasteiger partial charge in [-0.3, -0.25) is 0 Å². The van der Waals surface area contributed by atoms with Crippen LogP contribution in [-0.2, 0) is 6.54 Å². The first-order chi connectivity index (χ1) is 7.88. The Morgan fingerprint density at radius 2 is 2.00 bits per heavy atom. The summed E-state index contributed by atoms with van der Waals surface area (Å²) in [6.45, 7) is 0.425. The van der Waals surface area contributed by atoms with E-state index in [2.05, 4.69) is 10.1 Å². The van der Waals surface area contributed by atoms with Crippen LogP contribution in [0.4, 0.5) is 0 Å². The molecule has 0 bridgehead atoms. The van der Waals surface area contributed by atoms with Crippen LogP contribution >= 0.6 is 0 Å². The van der Waals surface area contributed by atoms with Crippen LogP contribution in [0.2, 0.25) is 0 Å². The van der Waals surface area contributed by atoms with Crippen LogP contribution in [0.25, 0.3) is 5.69 Å². The van der Waals surface area contributed by atoms with Crippen molar-refractivity contribution in [3.05, 3.63) is 42.0 Å². The molecule has 4 nitrogen and oxygen atoms in total. The largest absolute Gasteiger partial charge is 0.324 e. The minimum absolute atomic E-state index is 0.425. The van der Waals surface area contributed by atoms with Crippen LogP contribution in [0.3, 0.4) is 0 Å². The Kier molecular flexibility index (Phi) is 2.22. The third-order valence-corrected chi connectivity index (χ3v) is 2.82. The van der Waals surface area contributed by atoms with Gasteiger partial charge in [-0.15, -0.1) is 0 Å². The lowest BCUT2D eigenvalue weighted by molar-refractivity contribution is 0.780. The first-order valence-electron chi connectivity index (χ1n) is 5.60. The molecule has 1 aromatic carbocycles. The zero-order chi connectivity index (χ0) is 11.0. The standard InChI is InChI=1S/C12H14N4/c13-8-11-14-12(9-6-7-9)15-16(11)10-4-2-1-3-5-10/h1-5,9H,6-8,13H2. The van der Waals surface area contributed by atoms with Gasteiger partial charge in [-0.1, -0.05) is 18.2 Å². The molecule has 1 heterocycles. The molecule has 3 rings (SSSR count). The van der Waals surface area contributed by atoms with Crippen molar-refractivity contribution < 1.29 is 0 Å². The second-order valence-corrected chi connectivity index (χ2v) is 4.11. The number of hydrogen-bond donors (Lipinski definition) is 1. The van der Waals surface area contributed by atoms with Crippen molar-refractivity contribution in [2.45, 2.75) is 25.3 Å². The zero-order valence-corrected chi connectivity index (χ0v) is 9.00. The van der Waals surface area contributed by atoms with Gasteiger partial charge in [-0.05, 0) is 25.0 Å². The lowest BCUT2D eigenvalue weighted by atomic mass is 10.3. The van der Waals surface area contributed by atoms with Gasteiger partial charge in [-0.2, -0.15) is 5.10 Å². The molecule has 0 radical (unpaired) electrons. The van der Waals surface area contributed by atoms with Crippen LogP contribution in [0.5, 0.6) is 0 Å². The summed E-state index contributed by atoms with van der Waals surface area (Å²) in [6.07, 6.45) is 2.42. The molecular formula is C12H14N4. The highest BCUT2D eigenvalue weighted by Crippen LogP contribution is 2.38. The molecule has 4 heteroatoms. The van der Waals surface area contributed by atoms with E-state index in [-0.39, 0.29) is 0 Å². The lowest BCUT2D eigenvalue weighted by Crippen LogP contribution is -2.07. The Morgan fingerprint density at radius 1 is 1.25 bits per heavy atom. The van der Waals surface area contributed by atoms with Crippen molar-refractivity contribution in [3.63, 3.8) is 0 Å². The van der Waals surface area contributed by atoms with Gasteiger partial charge in [-0.25, -0.2) is 9.67 Å². The van der Waals surface area contributed by atoms with Crippen LogP contribution in [0, 0.1) is 0 Å². The van der Waals surface area contributed by atoms with Gasteiger partial charge in [0.25, 0.3) is 0 Å². The monoisotopic (exact) mass is 214 g/mol. The summed E-state index contributed by atoms with van der Waals surface area (Å²) in [5.41, 5.74) is 6.73. The first kappa shape index (κ1) is 9.54. The van der Waals surface area contributed by atoms with Crippen LogP contribution in [0.15, 0.2) is 30.3 Å². The third-order valence-electron chi connectivity index (χ3n) is 2.82. The molecule has 1 fully saturated rings. The van der Waals surface area contributed by atoms with Gasteiger partial charge in [0.05, 0.1) is 12.2 Å². The topological polar surface area (TPSA) is 56.7 Å². The van der Waals surface area contributed by atoms with E-state index < -0.39 is 0 Å². The second kappa shape index (κ2) is 3.72. The lowest BCUT2D eigenvalue weighted by Gasteiger charge is -2.02. The summed E-state index contributed by atoms with van der Waals surface area (Å²) in [5.74, 6) is 2.35. The molecule has 1 aliphatic rings. The van der Waals surface area contributed by atoms with E-state index in [1.165, 1.54) is 12.8 Å². The van der Waals surface area contributed by atoms with Crippen molar-refractivity contribution in [2.75, 3.05) is 0 Å². The summed E-state index contributed by atoms with van der Waals surface area (Å²) in [4.78, 5) is 4.49. The molecule has 1 saturated carbocycles. The number of nitrogens with zero attached hydrogens (tertiary/aromatic N) is 3. The van der Waals surface area contributed by atoms with Crippen molar-refractivity contribution >= 4 is 0 Å². The number of rotatable bonds is 3. The van der Waals surface area contributed by atoms with E-state index >= 15 is 0 Å². The molecule has 82 valence electrons. The van der Waals surface area contributed by atoms with E-state index in [9.17, 15) is 0 Å². The van der Waals surface area contributed by atoms with Gasteiger partial charge >= 0.3 is 0 Å². The summed E-state index contributed by atoms with van der Waals surface area (Å²) < 4.78 is 1.85. The van der Waals surface area contributed by atoms with E-state index in [0.29, 0.717) is 12.5 Å². The average Bonchev–Trinajstić information content (AvgIpc) is 3.10. The molecule has 0 spiro atoms. The number of hydrogen-bond acceptors (Lipinski definition) is 3. The maximum atomic E-state index is 5.70. The molecule has 0 unspecified atom stereocenters. The zero-order valence-electron chi connectivity index (χ0n) is 9.00. The van der Waals surface area contributed by atoms with Gasteiger partial charge < -0.3 is 5.73 Å². The minimum Gasteiger partial charge on any atom is -0.324 e. The fourth-order valence-electron chi connectivity index (χ4n) is 1.78. The molecule has 0 atom stereocenters. The smallest absolute Gasteiger partial charge is 0.154 e. The maximum Gasteiger partial charge on any atom is 0.154 e. The molecule has 0 amide bonds. The molecule has 0 aliphatic heterocycles. The predicted molar refractivity (Wildman–Crippen MR) is 61.2 cm³/mol. The number of benzene rings is 1. The molecule has 1 aromatic heterocycles. The maximum absolute atomic E-state index is 5.70. The number of nitrogens with two attached hydrogens (primary N) is 1. The van der Waals surface area contributed by atoms with E-state index in [4.69, 9.17) is 5.73 Å². The molecule has 2 aromatic rings. The van der Waals surface area contributed by atoms with Crippen LogP contribution in [0.1, 0.15) is 30.4 Å². The van der Waals surface area contributed by atoms with Crippen LogP contribution in [-0.4, -0.2) is 14.8 Å². The second-order valence-electron chi connectivity index (χ2n) is 4.11. The van der Waals surface area contributed by atoms with Crippen molar-refractivity contribution in [1.29, 1.82) is 0 Å². The Hall–Kier alpha value is -1.68. The molecule has 0 saturated heterocycles. The Bertz CT molecular complexity index is 485. The van der Waals surface area contributed by atoms with E-state index in [0.717, 1.165) is 17.3 Å². The Balaban J connectivity index is 2.05. The summed E-state index contributed by atoms with van der Waals surface area (Å²) >= 11 is 0. The molecular weight excluding hydrogens is 200 g/mol. The summed E-state index contributed by atoms with van der Waals surface area (Å²) in [7, 11) is 0. The highest BCUT2D eigenvalue weighted by molar-refractivity contribution is 5.31. The average molecular weight is 214 g/mol. The molecule has 16 heavy (non-hydrogen) atoms.